The number of aryl methyl sites for hydroxylation is 2. The second-order valence-electron chi connectivity index (χ2n) is 7.61. The first-order valence-corrected chi connectivity index (χ1v) is 10.2. The van der Waals surface area contributed by atoms with Gasteiger partial charge in [0.05, 0.1) is 33.6 Å². The van der Waals surface area contributed by atoms with Gasteiger partial charge in [-0.05, 0) is 38.3 Å². The SMILES string of the molecule is COC(=O)c1c(O)c2c(n(Cc3ccc(OC)cc3OC)c1=O)-c1nc(C)[nH]c1CCC2. The number of carbonyl (C=O) groups excluding carboxylic acids is 1. The number of esters is 1. The van der Waals surface area contributed by atoms with Crippen LogP contribution in [-0.4, -0.2) is 46.9 Å². The quantitative estimate of drug-likeness (QED) is 0.587. The van der Waals surface area contributed by atoms with Gasteiger partial charge in [0, 0.05) is 22.9 Å². The van der Waals surface area contributed by atoms with E-state index in [9.17, 15) is 14.7 Å². The van der Waals surface area contributed by atoms with E-state index in [0.29, 0.717) is 52.7 Å². The van der Waals surface area contributed by atoms with Crippen molar-refractivity contribution in [3.05, 3.63) is 56.8 Å². The Morgan fingerprint density at radius 2 is 2.00 bits per heavy atom. The third-order valence-electron chi connectivity index (χ3n) is 5.72. The molecule has 2 N–H and O–H groups in total. The number of benzene rings is 1. The van der Waals surface area contributed by atoms with Gasteiger partial charge in [-0.25, -0.2) is 9.78 Å². The summed E-state index contributed by atoms with van der Waals surface area (Å²) >= 11 is 0. The van der Waals surface area contributed by atoms with E-state index in [4.69, 9.17) is 14.2 Å². The first-order valence-electron chi connectivity index (χ1n) is 10.2. The van der Waals surface area contributed by atoms with Crippen molar-refractivity contribution in [3.63, 3.8) is 0 Å². The number of rotatable bonds is 5. The topological polar surface area (TPSA) is 116 Å². The molecular formula is C23H25N3O6. The van der Waals surface area contributed by atoms with Gasteiger partial charge in [-0.15, -0.1) is 0 Å². The number of pyridine rings is 1. The molecule has 2 aromatic heterocycles. The third kappa shape index (κ3) is 3.49. The Morgan fingerprint density at radius 3 is 2.69 bits per heavy atom. The monoisotopic (exact) mass is 439 g/mol. The summed E-state index contributed by atoms with van der Waals surface area (Å²) in [6.45, 7) is 1.94. The lowest BCUT2D eigenvalue weighted by Gasteiger charge is -2.20. The lowest BCUT2D eigenvalue weighted by Crippen LogP contribution is -2.30. The minimum Gasteiger partial charge on any atom is -0.506 e. The lowest BCUT2D eigenvalue weighted by molar-refractivity contribution is 0.0594. The predicted octanol–water partition coefficient (Wildman–Crippen LogP) is 2.59. The molecule has 0 spiro atoms. The minimum absolute atomic E-state index is 0.101. The highest BCUT2D eigenvalue weighted by Crippen LogP contribution is 2.37. The maximum atomic E-state index is 13.5. The zero-order chi connectivity index (χ0) is 23.0. The Labute approximate surface area is 184 Å². The number of imidazole rings is 1. The van der Waals surface area contributed by atoms with Crippen molar-refractivity contribution in [1.29, 1.82) is 0 Å². The van der Waals surface area contributed by atoms with Crippen molar-refractivity contribution in [2.24, 2.45) is 0 Å². The van der Waals surface area contributed by atoms with Crippen LogP contribution in [0.2, 0.25) is 0 Å². The molecule has 0 fully saturated rings. The Bertz CT molecular complexity index is 1260. The number of methoxy groups -OCH3 is 3. The molecule has 0 aliphatic heterocycles. The number of hydrogen-bond acceptors (Lipinski definition) is 7. The third-order valence-corrected chi connectivity index (χ3v) is 5.72. The van der Waals surface area contributed by atoms with E-state index in [-0.39, 0.29) is 17.9 Å². The number of aromatic amines is 1. The highest BCUT2D eigenvalue weighted by Gasteiger charge is 2.31. The van der Waals surface area contributed by atoms with Gasteiger partial charge < -0.3 is 28.9 Å². The molecular weight excluding hydrogens is 414 g/mol. The predicted molar refractivity (Wildman–Crippen MR) is 117 cm³/mol. The highest BCUT2D eigenvalue weighted by atomic mass is 16.5. The summed E-state index contributed by atoms with van der Waals surface area (Å²) in [5.74, 6) is 0.629. The maximum absolute atomic E-state index is 13.5. The average Bonchev–Trinajstić information content (AvgIpc) is 3.07. The van der Waals surface area contributed by atoms with Crippen molar-refractivity contribution in [2.75, 3.05) is 21.3 Å². The minimum atomic E-state index is -0.881. The summed E-state index contributed by atoms with van der Waals surface area (Å²) in [7, 11) is 4.27. The Kier molecular flexibility index (Phi) is 5.65. The van der Waals surface area contributed by atoms with Crippen LogP contribution in [-0.2, 0) is 24.1 Å². The number of ether oxygens (including phenoxy) is 3. The van der Waals surface area contributed by atoms with Gasteiger partial charge in [0.2, 0.25) is 0 Å². The fraction of sp³-hybridized carbons (Fsp3) is 0.348. The number of aromatic hydroxyl groups is 1. The largest absolute Gasteiger partial charge is 0.506 e. The summed E-state index contributed by atoms with van der Waals surface area (Å²) in [5, 5.41) is 10.9. The van der Waals surface area contributed by atoms with E-state index in [1.807, 2.05) is 6.92 Å². The van der Waals surface area contributed by atoms with Gasteiger partial charge in [-0.2, -0.15) is 0 Å². The average molecular weight is 439 g/mol. The molecule has 9 nitrogen and oxygen atoms in total. The van der Waals surface area contributed by atoms with E-state index in [1.54, 1.807) is 25.3 Å². The Morgan fingerprint density at radius 1 is 1.22 bits per heavy atom. The molecule has 1 aromatic carbocycles. The molecule has 0 amide bonds. The first kappa shape index (κ1) is 21.5. The normalized spacial score (nSPS) is 12.5. The van der Waals surface area contributed by atoms with Crippen LogP contribution in [0.1, 0.15) is 39.4 Å². The molecule has 1 aliphatic rings. The van der Waals surface area contributed by atoms with E-state index < -0.39 is 11.5 Å². The molecule has 2 heterocycles. The molecule has 0 atom stereocenters. The summed E-state index contributed by atoms with van der Waals surface area (Å²) in [6.07, 6.45) is 1.91. The number of carbonyl (C=O) groups is 1. The fourth-order valence-electron chi connectivity index (χ4n) is 4.22. The number of H-pyrrole nitrogens is 1. The number of fused-ring (bicyclic) bond motifs is 3. The summed E-state index contributed by atoms with van der Waals surface area (Å²) in [6, 6.07) is 5.30. The molecule has 4 rings (SSSR count). The van der Waals surface area contributed by atoms with Crippen LogP contribution in [0.4, 0.5) is 0 Å². The fourth-order valence-corrected chi connectivity index (χ4v) is 4.22. The summed E-state index contributed by atoms with van der Waals surface area (Å²) in [4.78, 5) is 33.8. The molecule has 0 unspecified atom stereocenters. The van der Waals surface area contributed by atoms with Gasteiger partial charge in [-0.1, -0.05) is 0 Å². The van der Waals surface area contributed by atoms with Gasteiger partial charge in [0.1, 0.15) is 28.8 Å². The van der Waals surface area contributed by atoms with Gasteiger partial charge in [0.25, 0.3) is 5.56 Å². The van der Waals surface area contributed by atoms with E-state index >= 15 is 0 Å². The smallest absolute Gasteiger partial charge is 0.347 e. The molecule has 9 heteroatoms. The molecule has 1 aliphatic carbocycles. The van der Waals surface area contributed by atoms with Crippen LogP contribution in [0, 0.1) is 6.92 Å². The molecule has 3 aromatic rings. The van der Waals surface area contributed by atoms with Crippen LogP contribution in [0.25, 0.3) is 11.4 Å². The van der Waals surface area contributed by atoms with Crippen molar-refractivity contribution < 1.29 is 24.1 Å². The molecule has 0 saturated heterocycles. The first-order chi connectivity index (χ1) is 15.4. The van der Waals surface area contributed by atoms with Gasteiger partial charge in [0.15, 0.2) is 5.56 Å². The van der Waals surface area contributed by atoms with Gasteiger partial charge in [-0.3, -0.25) is 4.79 Å². The van der Waals surface area contributed by atoms with Crippen LogP contribution in [0.5, 0.6) is 17.2 Å². The summed E-state index contributed by atoms with van der Waals surface area (Å²) in [5.41, 5.74) is 2.16. The van der Waals surface area contributed by atoms with Crippen molar-refractivity contribution in [2.45, 2.75) is 32.7 Å². The number of nitrogens with one attached hydrogen (secondary N) is 1. The van der Waals surface area contributed by atoms with Crippen molar-refractivity contribution in [3.8, 4) is 28.6 Å². The molecule has 0 radical (unpaired) electrons. The Balaban J connectivity index is 2.02. The van der Waals surface area contributed by atoms with Crippen LogP contribution >= 0.6 is 0 Å². The molecule has 32 heavy (non-hydrogen) atoms. The zero-order valence-electron chi connectivity index (χ0n) is 18.4. The number of aromatic nitrogens is 3. The zero-order valence-corrected chi connectivity index (χ0v) is 18.4. The summed E-state index contributed by atoms with van der Waals surface area (Å²) < 4.78 is 17.0. The standard InChI is InChI=1S/C23H25N3O6/c1-12-24-16-7-5-6-15-20(19(16)25-12)26(22(28)18(21(15)27)23(29)32-4)11-13-8-9-14(30-2)10-17(13)31-3/h8-10,27H,5-7,11H2,1-4H3,(H,24,25). The second kappa shape index (κ2) is 8.41. The number of hydrogen-bond donors (Lipinski definition) is 2. The van der Waals surface area contributed by atoms with Crippen molar-refractivity contribution >= 4 is 5.97 Å². The second-order valence-corrected chi connectivity index (χ2v) is 7.61. The van der Waals surface area contributed by atoms with Gasteiger partial charge >= 0.3 is 5.97 Å². The highest BCUT2D eigenvalue weighted by molar-refractivity contribution is 5.93. The number of nitrogens with zero attached hydrogens (tertiary/aromatic N) is 2. The van der Waals surface area contributed by atoms with E-state index in [0.717, 1.165) is 12.1 Å². The maximum Gasteiger partial charge on any atom is 0.347 e. The molecule has 168 valence electrons. The van der Waals surface area contributed by atoms with Crippen LogP contribution < -0.4 is 15.0 Å². The lowest BCUT2D eigenvalue weighted by atomic mass is 10.0. The van der Waals surface area contributed by atoms with E-state index in [2.05, 4.69) is 9.97 Å². The van der Waals surface area contributed by atoms with Crippen LogP contribution in [0.3, 0.4) is 0 Å². The molecule has 0 bridgehead atoms. The van der Waals surface area contributed by atoms with E-state index in [1.165, 1.54) is 18.8 Å². The Hall–Kier alpha value is -3.75. The molecule has 0 saturated carbocycles. The van der Waals surface area contributed by atoms with Crippen LogP contribution in [0.15, 0.2) is 23.0 Å². The van der Waals surface area contributed by atoms with Crippen molar-refractivity contribution in [1.82, 2.24) is 14.5 Å².